The van der Waals surface area contributed by atoms with Crippen LogP contribution < -0.4 is 0 Å². The molecule has 1 unspecified atom stereocenters. The summed E-state index contributed by atoms with van der Waals surface area (Å²) in [6, 6.07) is 0. The number of carbonyl (C=O) groups excluding carboxylic acids is 1. The zero-order valence-electron chi connectivity index (χ0n) is 8.91. The number of nitrogens with zero attached hydrogens (tertiary/aromatic N) is 1. The van der Waals surface area contributed by atoms with Gasteiger partial charge >= 0.3 is 5.97 Å². The SMILES string of the molecule is C/C=C\C(=O)OC(CC)N(C)CC. The highest BCUT2D eigenvalue weighted by Gasteiger charge is 2.13. The molecule has 0 aliphatic rings. The van der Waals surface area contributed by atoms with E-state index in [1.807, 2.05) is 25.8 Å². The molecule has 0 heterocycles. The van der Waals surface area contributed by atoms with Gasteiger partial charge in [0.2, 0.25) is 0 Å². The van der Waals surface area contributed by atoms with Gasteiger partial charge in [-0.2, -0.15) is 0 Å². The van der Waals surface area contributed by atoms with Crippen molar-refractivity contribution in [2.24, 2.45) is 0 Å². The summed E-state index contributed by atoms with van der Waals surface area (Å²) in [5.74, 6) is -0.269. The van der Waals surface area contributed by atoms with Gasteiger partial charge in [0.25, 0.3) is 0 Å². The molecule has 0 amide bonds. The Kier molecular flexibility index (Phi) is 6.24. The van der Waals surface area contributed by atoms with Crippen LogP contribution in [-0.4, -0.2) is 30.7 Å². The quantitative estimate of drug-likeness (QED) is 0.371. The van der Waals surface area contributed by atoms with E-state index < -0.39 is 0 Å². The standard InChI is InChI=1S/C10H19NO2/c1-5-8-10(12)13-9(6-2)11(4)7-3/h5,8-9H,6-7H2,1-4H3/b8-5-. The van der Waals surface area contributed by atoms with E-state index in [0.717, 1.165) is 13.0 Å². The maximum Gasteiger partial charge on any atom is 0.331 e. The van der Waals surface area contributed by atoms with E-state index in [1.54, 1.807) is 13.0 Å². The number of ether oxygens (including phenoxy) is 1. The number of hydrogen-bond donors (Lipinski definition) is 0. The van der Waals surface area contributed by atoms with E-state index in [4.69, 9.17) is 4.74 Å². The molecule has 3 heteroatoms. The minimum absolute atomic E-state index is 0.103. The van der Waals surface area contributed by atoms with Crippen LogP contribution in [0.5, 0.6) is 0 Å². The van der Waals surface area contributed by atoms with Gasteiger partial charge in [0.05, 0.1) is 0 Å². The van der Waals surface area contributed by atoms with Gasteiger partial charge in [0.15, 0.2) is 6.23 Å². The second-order valence-electron chi connectivity index (χ2n) is 2.87. The van der Waals surface area contributed by atoms with Gasteiger partial charge in [0, 0.05) is 6.08 Å². The number of allylic oxidation sites excluding steroid dienone is 1. The van der Waals surface area contributed by atoms with Crippen molar-refractivity contribution in [3.63, 3.8) is 0 Å². The van der Waals surface area contributed by atoms with Gasteiger partial charge in [-0.15, -0.1) is 0 Å². The first-order chi connectivity index (χ1) is 6.15. The summed E-state index contributed by atoms with van der Waals surface area (Å²) in [7, 11) is 1.94. The van der Waals surface area contributed by atoms with Crippen LogP contribution in [0.1, 0.15) is 27.2 Å². The number of esters is 1. The van der Waals surface area contributed by atoms with Gasteiger partial charge in [0.1, 0.15) is 0 Å². The third-order valence-electron chi connectivity index (χ3n) is 1.89. The van der Waals surface area contributed by atoms with Gasteiger partial charge in [-0.1, -0.05) is 19.9 Å². The Morgan fingerprint density at radius 3 is 2.54 bits per heavy atom. The Morgan fingerprint density at radius 1 is 1.54 bits per heavy atom. The van der Waals surface area contributed by atoms with Gasteiger partial charge in [-0.3, -0.25) is 4.90 Å². The number of carbonyl (C=O) groups is 1. The van der Waals surface area contributed by atoms with Gasteiger partial charge < -0.3 is 4.74 Å². The summed E-state index contributed by atoms with van der Waals surface area (Å²) >= 11 is 0. The second-order valence-corrected chi connectivity index (χ2v) is 2.87. The van der Waals surface area contributed by atoms with E-state index in [0.29, 0.717) is 0 Å². The van der Waals surface area contributed by atoms with Crippen LogP contribution in [0.3, 0.4) is 0 Å². The smallest absolute Gasteiger partial charge is 0.331 e. The third-order valence-corrected chi connectivity index (χ3v) is 1.89. The highest BCUT2D eigenvalue weighted by molar-refractivity contribution is 5.81. The molecule has 0 radical (unpaired) electrons. The van der Waals surface area contributed by atoms with Crippen LogP contribution in [0, 0.1) is 0 Å². The van der Waals surface area contributed by atoms with Crippen LogP contribution in [0.4, 0.5) is 0 Å². The Morgan fingerprint density at radius 2 is 2.15 bits per heavy atom. The molecule has 76 valence electrons. The lowest BCUT2D eigenvalue weighted by Crippen LogP contribution is -2.34. The molecule has 0 saturated carbocycles. The van der Waals surface area contributed by atoms with Crippen molar-refractivity contribution < 1.29 is 9.53 Å². The summed E-state index contributed by atoms with van der Waals surface area (Å²) in [5.41, 5.74) is 0. The fourth-order valence-corrected chi connectivity index (χ4v) is 0.998. The molecule has 3 nitrogen and oxygen atoms in total. The molecule has 0 fully saturated rings. The minimum Gasteiger partial charge on any atom is -0.443 e. The molecule has 0 aliphatic heterocycles. The van der Waals surface area contributed by atoms with Gasteiger partial charge in [-0.05, 0) is 26.9 Å². The Balaban J connectivity index is 4.04. The lowest BCUT2D eigenvalue weighted by atomic mass is 10.4. The molecule has 0 aromatic carbocycles. The summed E-state index contributed by atoms with van der Waals surface area (Å²) in [6.07, 6.45) is 3.83. The first-order valence-corrected chi connectivity index (χ1v) is 4.69. The molecular weight excluding hydrogens is 166 g/mol. The average Bonchev–Trinajstić information content (AvgIpc) is 2.13. The summed E-state index contributed by atoms with van der Waals surface area (Å²) < 4.78 is 5.19. The fourth-order valence-electron chi connectivity index (χ4n) is 0.998. The van der Waals surface area contributed by atoms with Crippen LogP contribution in [0.15, 0.2) is 12.2 Å². The largest absolute Gasteiger partial charge is 0.443 e. The van der Waals surface area contributed by atoms with Crippen molar-refractivity contribution in [1.82, 2.24) is 4.90 Å². The number of rotatable bonds is 5. The van der Waals surface area contributed by atoms with E-state index in [2.05, 4.69) is 0 Å². The van der Waals surface area contributed by atoms with Gasteiger partial charge in [-0.25, -0.2) is 4.79 Å². The van der Waals surface area contributed by atoms with Crippen molar-refractivity contribution in [3.05, 3.63) is 12.2 Å². The Bertz CT molecular complexity index is 178. The van der Waals surface area contributed by atoms with Crippen LogP contribution in [0.2, 0.25) is 0 Å². The summed E-state index contributed by atoms with van der Waals surface area (Å²) in [6.45, 7) is 6.71. The molecule has 13 heavy (non-hydrogen) atoms. The molecule has 0 N–H and O–H groups in total. The molecule has 0 saturated heterocycles. The zero-order valence-corrected chi connectivity index (χ0v) is 8.91. The predicted octanol–water partition coefficient (Wildman–Crippen LogP) is 1.79. The van der Waals surface area contributed by atoms with Crippen molar-refractivity contribution in [2.45, 2.75) is 33.4 Å². The lowest BCUT2D eigenvalue weighted by Gasteiger charge is -2.24. The molecule has 0 aromatic heterocycles. The lowest BCUT2D eigenvalue weighted by molar-refractivity contribution is -0.152. The zero-order chi connectivity index (χ0) is 10.3. The topological polar surface area (TPSA) is 29.5 Å². The fraction of sp³-hybridized carbons (Fsp3) is 0.700. The second kappa shape index (κ2) is 6.66. The maximum atomic E-state index is 11.1. The Hall–Kier alpha value is -0.830. The van der Waals surface area contributed by atoms with Crippen molar-refractivity contribution in [2.75, 3.05) is 13.6 Å². The van der Waals surface area contributed by atoms with Crippen LogP contribution in [-0.2, 0) is 9.53 Å². The van der Waals surface area contributed by atoms with E-state index in [1.165, 1.54) is 6.08 Å². The molecule has 0 spiro atoms. The van der Waals surface area contributed by atoms with E-state index in [-0.39, 0.29) is 12.2 Å². The summed E-state index contributed by atoms with van der Waals surface area (Å²) in [5, 5.41) is 0. The molecule has 0 rings (SSSR count). The molecular formula is C10H19NO2. The predicted molar refractivity (Wildman–Crippen MR) is 53.3 cm³/mol. The molecule has 0 aromatic rings. The third kappa shape index (κ3) is 4.68. The van der Waals surface area contributed by atoms with E-state index >= 15 is 0 Å². The average molecular weight is 185 g/mol. The van der Waals surface area contributed by atoms with Crippen molar-refractivity contribution in [3.8, 4) is 0 Å². The first-order valence-electron chi connectivity index (χ1n) is 4.69. The minimum atomic E-state index is -0.269. The molecule has 0 aliphatic carbocycles. The van der Waals surface area contributed by atoms with Crippen molar-refractivity contribution in [1.29, 1.82) is 0 Å². The van der Waals surface area contributed by atoms with Crippen LogP contribution in [0.25, 0.3) is 0 Å². The van der Waals surface area contributed by atoms with Crippen molar-refractivity contribution >= 4 is 5.97 Å². The highest BCUT2D eigenvalue weighted by atomic mass is 16.6. The Labute approximate surface area is 80.4 Å². The summed E-state index contributed by atoms with van der Waals surface area (Å²) in [4.78, 5) is 13.1. The normalized spacial score (nSPS) is 13.6. The molecule has 1 atom stereocenters. The van der Waals surface area contributed by atoms with E-state index in [9.17, 15) is 4.79 Å². The highest BCUT2D eigenvalue weighted by Crippen LogP contribution is 2.03. The number of hydrogen-bond acceptors (Lipinski definition) is 3. The molecule has 0 bridgehead atoms. The maximum absolute atomic E-state index is 11.1. The first kappa shape index (κ1) is 12.2. The van der Waals surface area contributed by atoms with Crippen LogP contribution >= 0.6 is 0 Å². The monoisotopic (exact) mass is 185 g/mol.